The molecular formula is C12H20ClN3. The molecule has 1 aromatic rings. The van der Waals surface area contributed by atoms with E-state index in [-0.39, 0.29) is 0 Å². The number of aromatic nitrogens is 2. The van der Waals surface area contributed by atoms with E-state index in [4.69, 9.17) is 11.6 Å². The first-order valence-corrected chi connectivity index (χ1v) is 6.33. The molecule has 0 aromatic carbocycles. The van der Waals surface area contributed by atoms with Crippen molar-refractivity contribution in [2.45, 2.75) is 46.5 Å². The van der Waals surface area contributed by atoms with Crippen molar-refractivity contribution < 1.29 is 0 Å². The molecule has 1 N–H and O–H groups in total. The predicted octanol–water partition coefficient (Wildman–Crippen LogP) is 3.60. The molecule has 90 valence electrons. The molecule has 0 saturated heterocycles. The largest absolute Gasteiger partial charge is 0.370 e. The molecule has 1 heterocycles. The van der Waals surface area contributed by atoms with Crippen LogP contribution in [0.5, 0.6) is 0 Å². The van der Waals surface area contributed by atoms with Gasteiger partial charge in [-0.3, -0.25) is 0 Å². The lowest BCUT2D eigenvalue weighted by Crippen LogP contribution is -2.08. The van der Waals surface area contributed by atoms with E-state index in [0.717, 1.165) is 30.2 Å². The summed E-state index contributed by atoms with van der Waals surface area (Å²) in [5, 5.41) is 3.89. The lowest BCUT2D eigenvalue weighted by molar-refractivity contribution is 0.741. The maximum atomic E-state index is 6.05. The van der Waals surface area contributed by atoms with Crippen LogP contribution in [-0.4, -0.2) is 16.5 Å². The van der Waals surface area contributed by atoms with Gasteiger partial charge in [0.15, 0.2) is 0 Å². The molecule has 0 fully saturated rings. The fraction of sp³-hybridized carbons (Fsp3) is 0.667. The second-order valence-corrected chi connectivity index (χ2v) is 4.25. The monoisotopic (exact) mass is 241 g/mol. The van der Waals surface area contributed by atoms with E-state index in [2.05, 4.69) is 22.2 Å². The van der Waals surface area contributed by atoms with E-state index >= 15 is 0 Å². The van der Waals surface area contributed by atoms with E-state index in [1.807, 2.05) is 13.8 Å². The average Bonchev–Trinajstić information content (AvgIpc) is 2.29. The van der Waals surface area contributed by atoms with Gasteiger partial charge in [-0.15, -0.1) is 0 Å². The zero-order valence-electron chi connectivity index (χ0n) is 10.3. The second-order valence-electron chi connectivity index (χ2n) is 3.89. The highest BCUT2D eigenvalue weighted by atomic mass is 35.5. The first-order chi connectivity index (χ1) is 7.69. The molecule has 3 nitrogen and oxygen atoms in total. The summed E-state index contributed by atoms with van der Waals surface area (Å²) < 4.78 is 0. The summed E-state index contributed by atoms with van der Waals surface area (Å²) in [5.74, 6) is 1.68. The topological polar surface area (TPSA) is 37.8 Å². The molecule has 1 aromatic heterocycles. The molecule has 0 radical (unpaired) electrons. The number of aryl methyl sites for hydroxylation is 1. The third-order valence-electron chi connectivity index (χ3n) is 2.52. The van der Waals surface area contributed by atoms with Crippen LogP contribution in [0.4, 0.5) is 5.82 Å². The molecule has 0 atom stereocenters. The minimum absolute atomic E-state index is 0.560. The van der Waals surface area contributed by atoms with Crippen molar-refractivity contribution in [3.63, 3.8) is 0 Å². The minimum atomic E-state index is 0.560. The first-order valence-electron chi connectivity index (χ1n) is 5.95. The maximum Gasteiger partial charge on any atom is 0.137 e. The summed E-state index contributed by atoms with van der Waals surface area (Å²) in [6.07, 6.45) is 4.44. The summed E-state index contributed by atoms with van der Waals surface area (Å²) >= 11 is 6.05. The molecule has 0 spiro atoms. The quantitative estimate of drug-likeness (QED) is 0.611. The fourth-order valence-corrected chi connectivity index (χ4v) is 1.63. The van der Waals surface area contributed by atoms with Gasteiger partial charge >= 0.3 is 0 Å². The van der Waals surface area contributed by atoms with E-state index in [1.165, 1.54) is 19.3 Å². The molecule has 16 heavy (non-hydrogen) atoms. The number of hydrogen-bond donors (Lipinski definition) is 1. The van der Waals surface area contributed by atoms with Crippen molar-refractivity contribution in [3.05, 3.63) is 16.5 Å². The maximum absolute atomic E-state index is 6.05. The third kappa shape index (κ3) is 3.63. The Bertz CT molecular complexity index is 339. The Kier molecular flexibility index (Phi) is 5.53. The van der Waals surface area contributed by atoms with Gasteiger partial charge in [0.25, 0.3) is 0 Å². The predicted molar refractivity (Wildman–Crippen MR) is 69.2 cm³/mol. The summed E-state index contributed by atoms with van der Waals surface area (Å²) in [4.78, 5) is 8.65. The van der Waals surface area contributed by atoms with Crippen LogP contribution >= 0.6 is 11.6 Å². The number of unbranched alkanes of at least 4 members (excludes halogenated alkanes) is 2. The highest BCUT2D eigenvalue weighted by Gasteiger charge is 2.07. The molecule has 0 aliphatic carbocycles. The minimum Gasteiger partial charge on any atom is -0.370 e. The van der Waals surface area contributed by atoms with Crippen LogP contribution in [0.15, 0.2) is 0 Å². The molecule has 0 aliphatic rings. The standard InChI is InChI=1S/C12H20ClN3/c1-4-6-7-8-14-12-9(3)11(13)15-10(5-2)16-12/h4-8H2,1-3H3,(H,14,15,16). The van der Waals surface area contributed by atoms with Crippen molar-refractivity contribution >= 4 is 17.4 Å². The van der Waals surface area contributed by atoms with Gasteiger partial charge in [0.05, 0.1) is 0 Å². The summed E-state index contributed by atoms with van der Waals surface area (Å²) in [6.45, 7) is 7.12. The zero-order valence-corrected chi connectivity index (χ0v) is 11.1. The molecular weight excluding hydrogens is 222 g/mol. The van der Waals surface area contributed by atoms with Crippen LogP contribution < -0.4 is 5.32 Å². The van der Waals surface area contributed by atoms with Crippen LogP contribution in [0, 0.1) is 6.92 Å². The number of nitrogens with one attached hydrogen (secondary N) is 1. The second kappa shape index (κ2) is 6.69. The molecule has 0 amide bonds. The smallest absolute Gasteiger partial charge is 0.137 e. The number of halogens is 1. The van der Waals surface area contributed by atoms with Gasteiger partial charge in [0.2, 0.25) is 0 Å². The van der Waals surface area contributed by atoms with E-state index < -0.39 is 0 Å². The van der Waals surface area contributed by atoms with Gasteiger partial charge < -0.3 is 5.32 Å². The number of hydrogen-bond acceptors (Lipinski definition) is 3. The average molecular weight is 242 g/mol. The van der Waals surface area contributed by atoms with E-state index in [1.54, 1.807) is 0 Å². The Hall–Kier alpha value is -0.830. The van der Waals surface area contributed by atoms with Crippen LogP contribution in [0.1, 0.15) is 44.5 Å². The van der Waals surface area contributed by atoms with Crippen molar-refractivity contribution in [1.29, 1.82) is 0 Å². The third-order valence-corrected chi connectivity index (χ3v) is 2.89. The molecule has 0 aliphatic heterocycles. The SMILES string of the molecule is CCCCCNc1nc(CC)nc(Cl)c1C. The van der Waals surface area contributed by atoms with Crippen LogP contribution in [0.25, 0.3) is 0 Å². The van der Waals surface area contributed by atoms with Gasteiger partial charge in [0, 0.05) is 18.5 Å². The fourth-order valence-electron chi connectivity index (χ4n) is 1.44. The first kappa shape index (κ1) is 13.2. The van der Waals surface area contributed by atoms with Gasteiger partial charge in [-0.2, -0.15) is 0 Å². The molecule has 4 heteroatoms. The van der Waals surface area contributed by atoms with Crippen molar-refractivity contribution in [3.8, 4) is 0 Å². The van der Waals surface area contributed by atoms with E-state index in [0.29, 0.717) is 5.15 Å². The Balaban J connectivity index is 2.66. The summed E-state index contributed by atoms with van der Waals surface area (Å²) in [6, 6.07) is 0. The van der Waals surface area contributed by atoms with Gasteiger partial charge in [-0.1, -0.05) is 38.3 Å². The number of rotatable bonds is 6. The van der Waals surface area contributed by atoms with Crippen LogP contribution in [-0.2, 0) is 6.42 Å². The highest BCUT2D eigenvalue weighted by molar-refractivity contribution is 6.30. The zero-order chi connectivity index (χ0) is 12.0. The highest BCUT2D eigenvalue weighted by Crippen LogP contribution is 2.19. The molecule has 0 bridgehead atoms. The number of nitrogens with zero attached hydrogens (tertiary/aromatic N) is 2. The Labute approximate surface area is 103 Å². The van der Waals surface area contributed by atoms with E-state index in [9.17, 15) is 0 Å². The van der Waals surface area contributed by atoms with Gasteiger partial charge in [-0.25, -0.2) is 9.97 Å². The normalized spacial score (nSPS) is 10.5. The summed E-state index contributed by atoms with van der Waals surface area (Å²) in [7, 11) is 0. The summed E-state index contributed by atoms with van der Waals surface area (Å²) in [5.41, 5.74) is 0.940. The lowest BCUT2D eigenvalue weighted by atomic mass is 10.2. The Morgan fingerprint density at radius 1 is 1.19 bits per heavy atom. The van der Waals surface area contributed by atoms with Gasteiger partial charge in [0.1, 0.15) is 16.8 Å². The van der Waals surface area contributed by atoms with Crippen molar-refractivity contribution in [2.75, 3.05) is 11.9 Å². The lowest BCUT2D eigenvalue weighted by Gasteiger charge is -2.10. The Morgan fingerprint density at radius 2 is 1.94 bits per heavy atom. The molecule has 0 saturated carbocycles. The van der Waals surface area contributed by atoms with Crippen molar-refractivity contribution in [1.82, 2.24) is 9.97 Å². The molecule has 0 unspecified atom stereocenters. The Morgan fingerprint density at radius 3 is 2.56 bits per heavy atom. The number of anilines is 1. The van der Waals surface area contributed by atoms with Crippen LogP contribution in [0.3, 0.4) is 0 Å². The van der Waals surface area contributed by atoms with Gasteiger partial charge in [-0.05, 0) is 13.3 Å². The molecule has 1 rings (SSSR count). The van der Waals surface area contributed by atoms with Crippen LogP contribution in [0.2, 0.25) is 5.15 Å². The van der Waals surface area contributed by atoms with Crippen molar-refractivity contribution in [2.24, 2.45) is 0 Å².